The Morgan fingerprint density at radius 2 is 1.92 bits per heavy atom. The van der Waals surface area contributed by atoms with Crippen LogP contribution in [0, 0.1) is 0 Å². The molecule has 0 saturated carbocycles. The largest absolute Gasteiger partial charge is 0.324 e. The van der Waals surface area contributed by atoms with Gasteiger partial charge in [-0.05, 0) is 30.2 Å². The van der Waals surface area contributed by atoms with Crippen molar-refractivity contribution < 1.29 is 9.59 Å². The van der Waals surface area contributed by atoms with Crippen molar-refractivity contribution in [3.63, 3.8) is 0 Å². The number of rotatable bonds is 4. The molecule has 0 radical (unpaired) electrons. The molecule has 25 heavy (non-hydrogen) atoms. The topological polar surface area (TPSA) is 78.1 Å². The summed E-state index contributed by atoms with van der Waals surface area (Å²) in [7, 11) is 0. The van der Waals surface area contributed by atoms with E-state index >= 15 is 0 Å². The summed E-state index contributed by atoms with van der Waals surface area (Å²) in [6.07, 6.45) is 1.47. The molecular weight excluding hydrogens is 316 g/mol. The first kappa shape index (κ1) is 15.4. The Morgan fingerprint density at radius 3 is 2.80 bits per heavy atom. The van der Waals surface area contributed by atoms with Crippen LogP contribution in [0.1, 0.15) is 18.4 Å². The van der Waals surface area contributed by atoms with Gasteiger partial charge in [-0.3, -0.25) is 14.9 Å². The first-order valence-electron chi connectivity index (χ1n) is 8.33. The van der Waals surface area contributed by atoms with Gasteiger partial charge < -0.3 is 9.88 Å². The average molecular weight is 334 g/mol. The number of amides is 2. The van der Waals surface area contributed by atoms with Crippen LogP contribution in [0.5, 0.6) is 0 Å². The molecule has 1 aromatic heterocycles. The number of H-pyrrole nitrogens is 1. The van der Waals surface area contributed by atoms with E-state index in [1.807, 2.05) is 48.5 Å². The minimum absolute atomic E-state index is 0.0650. The van der Waals surface area contributed by atoms with Crippen molar-refractivity contribution in [2.45, 2.75) is 19.3 Å². The van der Waals surface area contributed by atoms with Crippen molar-refractivity contribution in [2.75, 3.05) is 16.8 Å². The molecule has 2 amide bonds. The number of carbonyl (C=O) groups is 2. The van der Waals surface area contributed by atoms with Crippen LogP contribution in [-0.2, 0) is 16.0 Å². The molecule has 3 aromatic rings. The molecule has 4 rings (SSSR count). The van der Waals surface area contributed by atoms with Gasteiger partial charge in [-0.25, -0.2) is 4.98 Å². The monoisotopic (exact) mass is 334 g/mol. The summed E-state index contributed by atoms with van der Waals surface area (Å²) in [6, 6.07) is 15.4. The van der Waals surface area contributed by atoms with Gasteiger partial charge in [-0.1, -0.05) is 30.3 Å². The van der Waals surface area contributed by atoms with E-state index in [1.165, 1.54) is 0 Å². The number of fused-ring (bicyclic) bond motifs is 2. The maximum absolute atomic E-state index is 12.2. The van der Waals surface area contributed by atoms with Gasteiger partial charge in [0.25, 0.3) is 0 Å². The number of hydrogen-bond donors (Lipinski definition) is 2. The minimum atomic E-state index is -0.171. The Labute approximate surface area is 144 Å². The number of aryl methyl sites for hydroxylation is 1. The Morgan fingerprint density at radius 1 is 1.12 bits per heavy atom. The number of benzene rings is 2. The Bertz CT molecular complexity index is 914. The second-order valence-electron chi connectivity index (χ2n) is 6.07. The van der Waals surface area contributed by atoms with E-state index < -0.39 is 0 Å². The minimum Gasteiger partial charge on any atom is -0.324 e. The zero-order valence-electron chi connectivity index (χ0n) is 13.7. The van der Waals surface area contributed by atoms with Crippen LogP contribution < -0.4 is 10.2 Å². The molecule has 0 fully saturated rings. The lowest BCUT2D eigenvalue weighted by Gasteiger charge is -2.29. The third-order valence-electron chi connectivity index (χ3n) is 4.40. The number of hydrogen-bond acceptors (Lipinski definition) is 3. The number of aromatic amines is 1. The maximum atomic E-state index is 12.2. The highest BCUT2D eigenvalue weighted by molar-refractivity contribution is 5.98. The van der Waals surface area contributed by atoms with Gasteiger partial charge in [0.15, 0.2) is 0 Å². The normalized spacial score (nSPS) is 13.8. The van der Waals surface area contributed by atoms with Crippen LogP contribution in [0.3, 0.4) is 0 Å². The van der Waals surface area contributed by atoms with Gasteiger partial charge in [0, 0.05) is 25.1 Å². The van der Waals surface area contributed by atoms with Crippen molar-refractivity contribution in [2.24, 2.45) is 0 Å². The number of anilines is 2. The van der Waals surface area contributed by atoms with Gasteiger partial charge in [0.05, 0.1) is 11.0 Å². The number of nitrogens with one attached hydrogen (secondary N) is 2. The fourth-order valence-electron chi connectivity index (χ4n) is 3.16. The van der Waals surface area contributed by atoms with Gasteiger partial charge in [-0.2, -0.15) is 0 Å². The van der Waals surface area contributed by atoms with E-state index in [0.717, 1.165) is 28.7 Å². The average Bonchev–Trinajstić information content (AvgIpc) is 3.03. The van der Waals surface area contributed by atoms with E-state index in [-0.39, 0.29) is 18.2 Å². The summed E-state index contributed by atoms with van der Waals surface area (Å²) in [5.74, 6) is 0.321. The predicted octanol–water partition coefficient (Wildman–Crippen LogP) is 2.87. The van der Waals surface area contributed by atoms with Crippen molar-refractivity contribution >= 4 is 34.5 Å². The Balaban J connectivity index is 1.42. The first-order chi connectivity index (χ1) is 12.2. The van der Waals surface area contributed by atoms with E-state index in [0.29, 0.717) is 18.9 Å². The molecule has 126 valence electrons. The van der Waals surface area contributed by atoms with Crippen molar-refractivity contribution in [3.8, 4) is 0 Å². The van der Waals surface area contributed by atoms with E-state index in [4.69, 9.17) is 0 Å². The molecule has 1 aliphatic heterocycles. The number of carbonyl (C=O) groups excluding carboxylic acids is 2. The quantitative estimate of drug-likeness (QED) is 0.770. The molecule has 0 bridgehead atoms. The number of aromatic nitrogens is 2. The molecule has 0 saturated heterocycles. The summed E-state index contributed by atoms with van der Waals surface area (Å²) >= 11 is 0. The predicted molar refractivity (Wildman–Crippen MR) is 96.5 cm³/mol. The number of para-hydroxylation sites is 3. The SMILES string of the molecule is O=C(CCN1C(=O)CCc2ccccc21)Nc1nc2ccccc2[nH]1. The van der Waals surface area contributed by atoms with Crippen LogP contribution in [0.15, 0.2) is 48.5 Å². The zero-order chi connectivity index (χ0) is 17.2. The maximum Gasteiger partial charge on any atom is 0.228 e. The lowest BCUT2D eigenvalue weighted by molar-refractivity contribution is -0.119. The molecule has 0 unspecified atom stereocenters. The summed E-state index contributed by atoms with van der Waals surface area (Å²) < 4.78 is 0. The summed E-state index contributed by atoms with van der Waals surface area (Å²) in [6.45, 7) is 0.363. The molecule has 6 nitrogen and oxygen atoms in total. The van der Waals surface area contributed by atoms with Crippen LogP contribution in [0.25, 0.3) is 11.0 Å². The van der Waals surface area contributed by atoms with Gasteiger partial charge in [-0.15, -0.1) is 0 Å². The van der Waals surface area contributed by atoms with Crippen LogP contribution in [0.2, 0.25) is 0 Å². The Hall–Kier alpha value is -3.15. The third-order valence-corrected chi connectivity index (χ3v) is 4.40. The highest BCUT2D eigenvalue weighted by atomic mass is 16.2. The van der Waals surface area contributed by atoms with Crippen molar-refractivity contribution in [1.82, 2.24) is 9.97 Å². The number of imidazole rings is 1. The van der Waals surface area contributed by atoms with Crippen molar-refractivity contribution in [1.29, 1.82) is 0 Å². The highest BCUT2D eigenvalue weighted by Crippen LogP contribution is 2.27. The molecule has 6 heteroatoms. The van der Waals surface area contributed by atoms with Gasteiger partial charge >= 0.3 is 0 Å². The van der Waals surface area contributed by atoms with Crippen LogP contribution in [-0.4, -0.2) is 28.3 Å². The van der Waals surface area contributed by atoms with Gasteiger partial charge in [0.2, 0.25) is 17.8 Å². The molecule has 0 atom stereocenters. The van der Waals surface area contributed by atoms with Crippen LogP contribution in [0.4, 0.5) is 11.6 Å². The molecule has 0 aliphatic carbocycles. The van der Waals surface area contributed by atoms with E-state index in [1.54, 1.807) is 4.90 Å². The number of nitrogens with zero attached hydrogens (tertiary/aromatic N) is 2. The standard InChI is InChI=1S/C19H18N4O2/c24-17(22-19-20-14-6-2-3-7-15(14)21-19)11-12-23-16-8-4-1-5-13(16)9-10-18(23)25/h1-8H,9-12H2,(H2,20,21,22,24). The highest BCUT2D eigenvalue weighted by Gasteiger charge is 2.24. The van der Waals surface area contributed by atoms with Gasteiger partial charge in [0.1, 0.15) is 0 Å². The third kappa shape index (κ3) is 3.10. The fourth-order valence-corrected chi connectivity index (χ4v) is 3.16. The molecule has 2 N–H and O–H groups in total. The molecule has 2 aromatic carbocycles. The lowest BCUT2D eigenvalue weighted by atomic mass is 10.0. The fraction of sp³-hybridized carbons (Fsp3) is 0.211. The second-order valence-corrected chi connectivity index (χ2v) is 6.07. The molecule has 1 aliphatic rings. The molecule has 2 heterocycles. The smallest absolute Gasteiger partial charge is 0.228 e. The van der Waals surface area contributed by atoms with Crippen molar-refractivity contribution in [3.05, 3.63) is 54.1 Å². The first-order valence-corrected chi connectivity index (χ1v) is 8.33. The van der Waals surface area contributed by atoms with Crippen LogP contribution >= 0.6 is 0 Å². The lowest BCUT2D eigenvalue weighted by Crippen LogP contribution is -2.37. The molecule has 0 spiro atoms. The second kappa shape index (κ2) is 6.39. The zero-order valence-corrected chi connectivity index (χ0v) is 13.7. The molecular formula is C19H18N4O2. The van der Waals surface area contributed by atoms with E-state index in [9.17, 15) is 9.59 Å². The summed E-state index contributed by atoms with van der Waals surface area (Å²) in [5, 5.41) is 2.77. The summed E-state index contributed by atoms with van der Waals surface area (Å²) in [5.41, 5.74) is 3.74. The Kier molecular flexibility index (Phi) is 3.93. The van der Waals surface area contributed by atoms with E-state index in [2.05, 4.69) is 15.3 Å². The summed E-state index contributed by atoms with van der Waals surface area (Å²) in [4.78, 5) is 33.6.